The number of carbonyl (C=O) groups is 2. The van der Waals surface area contributed by atoms with E-state index in [2.05, 4.69) is 15.3 Å². The first kappa shape index (κ1) is 38.9. The number of hydrogen-bond acceptors (Lipinski definition) is 6. The Hall–Kier alpha value is -3.95. The number of benzene rings is 1. The van der Waals surface area contributed by atoms with Crippen molar-refractivity contribution in [3.63, 3.8) is 0 Å². The molecule has 56 heavy (non-hydrogen) atoms. The first-order valence-corrected chi connectivity index (χ1v) is 19.7. The van der Waals surface area contributed by atoms with E-state index in [1.807, 2.05) is 11.8 Å². The first-order valence-electron chi connectivity index (χ1n) is 19.7. The van der Waals surface area contributed by atoms with Gasteiger partial charge in [-0.25, -0.2) is 32.3 Å². The minimum Gasteiger partial charge on any atom is -0.490 e. The van der Waals surface area contributed by atoms with E-state index in [9.17, 15) is 45.4 Å². The lowest BCUT2D eigenvalue weighted by Crippen LogP contribution is -2.57. The third kappa shape index (κ3) is 7.46. The SMILES string of the molecule is CC1CC2CC(C1)C(NC(=O)c1cnc(-c3cn(C4CCC(F)(F)CC4)c4cc(OC5CCC(N6CCC(F)(F)C6)CC5)ccc34)nc1C(F)(F)F)(C(=O)O)C2. The van der Waals surface area contributed by atoms with E-state index in [1.54, 1.807) is 29.0 Å². The summed E-state index contributed by atoms with van der Waals surface area (Å²) in [5.74, 6) is -8.01. The van der Waals surface area contributed by atoms with Gasteiger partial charge in [0, 0.05) is 67.3 Å². The number of nitrogens with zero attached hydrogens (tertiary/aromatic N) is 4. The van der Waals surface area contributed by atoms with Crippen LogP contribution in [0, 0.1) is 17.8 Å². The van der Waals surface area contributed by atoms with Crippen LogP contribution in [0.25, 0.3) is 22.3 Å². The Morgan fingerprint density at radius 2 is 1.68 bits per heavy atom. The molecular formula is C40H46F7N5O4. The molecule has 3 aromatic rings. The molecule has 1 amide bonds. The summed E-state index contributed by atoms with van der Waals surface area (Å²) in [7, 11) is 0. The number of hydrogen-bond donors (Lipinski definition) is 2. The molecule has 304 valence electrons. The van der Waals surface area contributed by atoms with Crippen LogP contribution >= 0.6 is 0 Å². The lowest BCUT2D eigenvalue weighted by molar-refractivity contribution is -0.146. The normalized spacial score (nSPS) is 30.8. The van der Waals surface area contributed by atoms with Crippen LogP contribution in [0.15, 0.2) is 30.6 Å². The highest BCUT2D eigenvalue weighted by molar-refractivity contribution is 6.00. The molecule has 4 unspecified atom stereocenters. The second kappa shape index (κ2) is 14.2. The number of ether oxygens (including phenoxy) is 1. The second-order valence-corrected chi connectivity index (χ2v) is 17.1. The standard InChI is InChI=1S/C40H46F7N5O4/c1-22-14-23-16-24(15-22)39(18-23,36(54)55)50-35(53)30-19-48-34(49-33(30)40(45,46)47)31-20-52(26-8-10-37(41,42)11-9-26)32-17-28(6-7-29(31)32)56-27-4-2-25(3-5-27)51-13-12-38(43,44)21-51/h6-7,17,19-20,22-27H,2-5,8-16,18,21H2,1H3,(H,50,53)(H,54,55). The fraction of sp³-hybridized carbons (Fsp3) is 0.650. The van der Waals surface area contributed by atoms with Crippen molar-refractivity contribution in [3.05, 3.63) is 41.9 Å². The molecule has 1 saturated heterocycles. The Morgan fingerprint density at radius 1 is 0.946 bits per heavy atom. The van der Waals surface area contributed by atoms with Gasteiger partial charge in [-0.2, -0.15) is 13.2 Å². The van der Waals surface area contributed by atoms with Gasteiger partial charge in [0.25, 0.3) is 11.8 Å². The Bertz CT molecular complexity index is 1990. The zero-order valence-corrected chi connectivity index (χ0v) is 31.1. The van der Waals surface area contributed by atoms with Crippen LogP contribution in [0.5, 0.6) is 5.75 Å². The van der Waals surface area contributed by atoms with Crippen molar-refractivity contribution >= 4 is 22.8 Å². The van der Waals surface area contributed by atoms with Gasteiger partial charge in [-0.3, -0.25) is 9.69 Å². The number of likely N-dealkylation sites (tertiary alicyclic amines) is 1. The monoisotopic (exact) mass is 793 g/mol. The fourth-order valence-electron chi connectivity index (χ4n) is 10.5. The van der Waals surface area contributed by atoms with Gasteiger partial charge >= 0.3 is 12.1 Å². The van der Waals surface area contributed by atoms with Crippen LogP contribution in [-0.4, -0.2) is 79.0 Å². The molecule has 0 spiro atoms. The number of nitrogens with one attached hydrogen (secondary N) is 1. The number of aromatic nitrogens is 3. The summed E-state index contributed by atoms with van der Waals surface area (Å²) in [5.41, 5.74) is -3.38. The molecule has 5 fully saturated rings. The second-order valence-electron chi connectivity index (χ2n) is 17.1. The zero-order valence-electron chi connectivity index (χ0n) is 31.1. The fourth-order valence-corrected chi connectivity index (χ4v) is 10.5. The van der Waals surface area contributed by atoms with Crippen molar-refractivity contribution in [2.45, 2.75) is 132 Å². The van der Waals surface area contributed by atoms with Crippen LogP contribution in [0.4, 0.5) is 30.7 Å². The number of aliphatic carboxylic acids is 1. The van der Waals surface area contributed by atoms with Crippen LogP contribution in [0.1, 0.15) is 112 Å². The maximum absolute atomic E-state index is 14.7. The predicted molar refractivity (Wildman–Crippen MR) is 191 cm³/mol. The number of rotatable bonds is 8. The minimum absolute atomic E-state index is 0.0348. The molecule has 4 atom stereocenters. The van der Waals surface area contributed by atoms with E-state index < -0.39 is 58.7 Å². The zero-order chi connectivity index (χ0) is 39.8. The number of carboxylic acid groups (broad SMARTS) is 1. The third-order valence-electron chi connectivity index (χ3n) is 13.2. The number of carboxylic acids is 1. The Balaban J connectivity index is 1.09. The van der Waals surface area contributed by atoms with E-state index >= 15 is 0 Å². The summed E-state index contributed by atoms with van der Waals surface area (Å²) in [6, 6.07) is 4.73. The van der Waals surface area contributed by atoms with Crippen molar-refractivity contribution in [1.29, 1.82) is 0 Å². The number of halogens is 7. The van der Waals surface area contributed by atoms with Gasteiger partial charge in [-0.1, -0.05) is 6.92 Å². The molecule has 16 heteroatoms. The van der Waals surface area contributed by atoms with Gasteiger partial charge in [-0.05, 0) is 94.1 Å². The average Bonchev–Trinajstić information content (AvgIpc) is 3.78. The number of carbonyl (C=O) groups excluding carboxylic acids is 1. The summed E-state index contributed by atoms with van der Waals surface area (Å²) in [6.07, 6.45) is 1.15. The highest BCUT2D eigenvalue weighted by atomic mass is 19.4. The maximum Gasteiger partial charge on any atom is 0.434 e. The van der Waals surface area contributed by atoms with Crippen LogP contribution in [0.2, 0.25) is 0 Å². The highest BCUT2D eigenvalue weighted by Gasteiger charge is 2.56. The largest absolute Gasteiger partial charge is 0.490 e. The summed E-state index contributed by atoms with van der Waals surface area (Å²) < 4.78 is 108. The van der Waals surface area contributed by atoms with Crippen molar-refractivity contribution in [2.24, 2.45) is 17.8 Å². The predicted octanol–water partition coefficient (Wildman–Crippen LogP) is 8.91. The van der Waals surface area contributed by atoms with Gasteiger partial charge < -0.3 is 19.7 Å². The summed E-state index contributed by atoms with van der Waals surface area (Å²) in [6.45, 7) is 2.13. The minimum atomic E-state index is -5.11. The lowest BCUT2D eigenvalue weighted by Gasteiger charge is -2.34. The maximum atomic E-state index is 14.7. The molecule has 0 radical (unpaired) electrons. The van der Waals surface area contributed by atoms with Crippen LogP contribution in [0.3, 0.4) is 0 Å². The topological polar surface area (TPSA) is 110 Å². The van der Waals surface area contributed by atoms with E-state index in [-0.39, 0.29) is 80.4 Å². The molecule has 5 aliphatic rings. The Labute approximate surface area is 319 Å². The smallest absolute Gasteiger partial charge is 0.434 e. The molecule has 1 aliphatic heterocycles. The Kier molecular flexibility index (Phi) is 9.83. The van der Waals surface area contributed by atoms with Crippen molar-refractivity contribution in [2.75, 3.05) is 13.1 Å². The summed E-state index contributed by atoms with van der Waals surface area (Å²) >= 11 is 0. The van der Waals surface area contributed by atoms with Crippen LogP contribution in [-0.2, 0) is 11.0 Å². The quantitative estimate of drug-likeness (QED) is 0.219. The van der Waals surface area contributed by atoms with E-state index in [0.717, 1.165) is 12.6 Å². The van der Waals surface area contributed by atoms with Crippen LogP contribution < -0.4 is 10.1 Å². The molecule has 2 bridgehead atoms. The molecule has 3 heterocycles. The van der Waals surface area contributed by atoms with Crippen molar-refractivity contribution in [1.82, 2.24) is 24.8 Å². The molecule has 8 rings (SSSR count). The Morgan fingerprint density at radius 3 is 2.34 bits per heavy atom. The van der Waals surface area contributed by atoms with Crippen molar-refractivity contribution in [3.8, 4) is 17.1 Å². The van der Waals surface area contributed by atoms with Gasteiger partial charge in [-0.15, -0.1) is 0 Å². The molecule has 1 aromatic carbocycles. The highest BCUT2D eigenvalue weighted by Crippen LogP contribution is 2.51. The first-order chi connectivity index (χ1) is 26.4. The van der Waals surface area contributed by atoms with E-state index in [1.165, 1.54) is 0 Å². The number of fused-ring (bicyclic) bond motifs is 3. The molecule has 4 aliphatic carbocycles. The summed E-state index contributed by atoms with van der Waals surface area (Å²) in [4.78, 5) is 36.2. The number of amides is 1. The lowest BCUT2D eigenvalue weighted by atomic mass is 9.78. The van der Waals surface area contributed by atoms with E-state index in [4.69, 9.17) is 4.74 Å². The molecule has 4 saturated carbocycles. The average molecular weight is 794 g/mol. The molecule has 2 N–H and O–H groups in total. The third-order valence-corrected chi connectivity index (χ3v) is 13.2. The number of alkyl halides is 7. The molecular weight excluding hydrogens is 747 g/mol. The molecule has 9 nitrogen and oxygen atoms in total. The van der Waals surface area contributed by atoms with Gasteiger partial charge in [0.1, 0.15) is 11.3 Å². The molecule has 2 aromatic heterocycles. The van der Waals surface area contributed by atoms with Gasteiger partial charge in [0.05, 0.1) is 23.7 Å². The van der Waals surface area contributed by atoms with E-state index in [0.29, 0.717) is 61.7 Å². The summed E-state index contributed by atoms with van der Waals surface area (Å²) in [5, 5.41) is 13.2. The van der Waals surface area contributed by atoms with Crippen molar-refractivity contribution < 1.29 is 50.2 Å². The van der Waals surface area contributed by atoms with Gasteiger partial charge in [0.2, 0.25) is 5.92 Å². The van der Waals surface area contributed by atoms with Gasteiger partial charge in [0.15, 0.2) is 11.5 Å².